The van der Waals surface area contributed by atoms with Crippen LogP contribution in [0.25, 0.3) is 10.8 Å². The third-order valence-electron chi connectivity index (χ3n) is 12.8. The molecular weight excluding hydrogens is 725 g/mol. The minimum absolute atomic E-state index is 0.00808. The summed E-state index contributed by atoms with van der Waals surface area (Å²) in [6, 6.07) is 45.0. The minimum atomic E-state index is -1.50. The first-order valence-corrected chi connectivity index (χ1v) is 19.7. The van der Waals surface area contributed by atoms with Crippen LogP contribution in [0.3, 0.4) is 0 Å². The van der Waals surface area contributed by atoms with Gasteiger partial charge in [0.2, 0.25) is 11.8 Å². The lowest BCUT2D eigenvalue weighted by Crippen LogP contribution is -2.53. The van der Waals surface area contributed by atoms with Gasteiger partial charge in [-0.25, -0.2) is 0 Å². The van der Waals surface area contributed by atoms with E-state index in [-0.39, 0.29) is 30.4 Å². The number of allylic oxidation sites excluding steroid dienone is 2. The van der Waals surface area contributed by atoms with E-state index in [2.05, 4.69) is 10.7 Å². The molecule has 6 unspecified atom stereocenters. The third kappa shape index (κ3) is 5.30. The van der Waals surface area contributed by atoms with E-state index in [4.69, 9.17) is 0 Å². The van der Waals surface area contributed by atoms with E-state index >= 15 is 9.59 Å². The maximum Gasteiger partial charge on any atom is 0.260 e. The lowest BCUT2D eigenvalue weighted by atomic mass is 9.48. The Morgan fingerprint density at radius 2 is 1.31 bits per heavy atom. The fourth-order valence-electron chi connectivity index (χ4n) is 10.3. The van der Waals surface area contributed by atoms with Crippen molar-refractivity contribution in [3.63, 3.8) is 0 Å². The lowest BCUT2D eigenvalue weighted by Gasteiger charge is -2.51. The second-order valence-corrected chi connectivity index (χ2v) is 15.9. The fourth-order valence-corrected chi connectivity index (χ4v) is 10.3. The van der Waals surface area contributed by atoms with E-state index in [1.807, 2.05) is 140 Å². The number of phenols is 1. The second-order valence-electron chi connectivity index (χ2n) is 15.9. The Morgan fingerprint density at radius 1 is 0.655 bits per heavy atom. The van der Waals surface area contributed by atoms with Gasteiger partial charge in [0.25, 0.3) is 11.8 Å². The number of para-hydroxylation sites is 1. The Kier molecular flexibility index (Phi) is 8.30. The standard InChI is InChI=1S/C49H40N4O5/c1-29-16-19-34(20-17-29)51-53-46(56)40-28-39-37(25-26-38-42(39)47(57)52(45(38)55)35-23-21-33(22-24-35)50-32-13-6-3-7-14-32)44(49(40,48(53)58)31-11-4-2-5-12-31)43-36-15-9-8-10-30(36)18-27-41(43)54/h2-25,27,38-40,42,44,50-51,54H,26,28H2,1H3. The average Bonchev–Trinajstić information content (AvgIpc) is 3.63. The summed E-state index contributed by atoms with van der Waals surface area (Å²) in [5.74, 6) is -5.26. The molecule has 2 saturated heterocycles. The van der Waals surface area contributed by atoms with Crippen molar-refractivity contribution in [1.29, 1.82) is 0 Å². The number of nitrogens with one attached hydrogen (secondary N) is 2. The van der Waals surface area contributed by atoms with Crippen LogP contribution in [0.1, 0.15) is 35.4 Å². The number of hydrogen-bond acceptors (Lipinski definition) is 7. The van der Waals surface area contributed by atoms with E-state index in [0.717, 1.165) is 38.3 Å². The Hall–Kier alpha value is -7.00. The van der Waals surface area contributed by atoms with Gasteiger partial charge in [0, 0.05) is 22.9 Å². The molecule has 4 aliphatic rings. The number of nitrogens with zero attached hydrogens (tertiary/aromatic N) is 2. The number of carbonyl (C=O) groups is 4. The number of hydrazine groups is 1. The zero-order valence-corrected chi connectivity index (χ0v) is 31.7. The monoisotopic (exact) mass is 764 g/mol. The van der Waals surface area contributed by atoms with Crippen molar-refractivity contribution < 1.29 is 24.3 Å². The van der Waals surface area contributed by atoms with E-state index in [1.165, 1.54) is 4.90 Å². The molecule has 2 heterocycles. The zero-order chi connectivity index (χ0) is 39.7. The van der Waals surface area contributed by atoms with Gasteiger partial charge in [-0.05, 0) is 96.6 Å². The number of phenolic OH excluding ortho intramolecular Hbond substituents is 1. The van der Waals surface area contributed by atoms with Crippen molar-refractivity contribution in [2.45, 2.75) is 31.1 Å². The molecule has 6 atom stereocenters. The van der Waals surface area contributed by atoms with Crippen LogP contribution in [-0.2, 0) is 24.6 Å². The average molecular weight is 765 g/mol. The van der Waals surface area contributed by atoms with Gasteiger partial charge in [-0.2, -0.15) is 5.01 Å². The van der Waals surface area contributed by atoms with Crippen LogP contribution in [0.2, 0.25) is 0 Å². The number of amides is 4. The number of hydrogen-bond donors (Lipinski definition) is 3. The molecule has 0 bridgehead atoms. The summed E-state index contributed by atoms with van der Waals surface area (Å²) < 4.78 is 0. The van der Waals surface area contributed by atoms with Crippen LogP contribution in [0, 0.1) is 30.6 Å². The normalized spacial score (nSPS) is 25.0. The number of fused-ring (bicyclic) bond motifs is 5. The predicted molar refractivity (Wildman–Crippen MR) is 223 cm³/mol. The summed E-state index contributed by atoms with van der Waals surface area (Å²) in [6.45, 7) is 1.97. The molecule has 9 nitrogen and oxygen atoms in total. The van der Waals surface area contributed by atoms with Crippen molar-refractivity contribution in [3.8, 4) is 5.75 Å². The Bertz CT molecular complexity index is 2660. The number of aromatic hydroxyl groups is 1. The molecule has 58 heavy (non-hydrogen) atoms. The molecular formula is C49H40N4O5. The largest absolute Gasteiger partial charge is 0.508 e. The minimum Gasteiger partial charge on any atom is -0.508 e. The molecule has 0 radical (unpaired) electrons. The molecule has 6 aromatic rings. The number of anilines is 4. The van der Waals surface area contributed by atoms with Gasteiger partial charge in [-0.1, -0.05) is 108 Å². The smallest absolute Gasteiger partial charge is 0.260 e. The Morgan fingerprint density at radius 3 is 2.05 bits per heavy atom. The molecule has 9 heteroatoms. The summed E-state index contributed by atoms with van der Waals surface area (Å²) in [7, 11) is 0. The van der Waals surface area contributed by atoms with Crippen LogP contribution in [-0.4, -0.2) is 33.7 Å². The zero-order valence-electron chi connectivity index (χ0n) is 31.7. The topological polar surface area (TPSA) is 119 Å². The van der Waals surface area contributed by atoms with Gasteiger partial charge in [0.1, 0.15) is 5.75 Å². The van der Waals surface area contributed by atoms with Crippen molar-refractivity contribution >= 4 is 57.2 Å². The number of imide groups is 2. The van der Waals surface area contributed by atoms with Crippen LogP contribution in [0.15, 0.2) is 157 Å². The fraction of sp³-hybridized carbons (Fsp3) is 0.184. The van der Waals surface area contributed by atoms with Crippen LogP contribution in [0.5, 0.6) is 5.75 Å². The highest BCUT2D eigenvalue weighted by Gasteiger charge is 2.70. The van der Waals surface area contributed by atoms with Gasteiger partial charge in [-0.15, -0.1) is 0 Å². The molecule has 1 saturated carbocycles. The van der Waals surface area contributed by atoms with E-state index < -0.39 is 46.8 Å². The van der Waals surface area contributed by atoms with E-state index in [9.17, 15) is 14.7 Å². The van der Waals surface area contributed by atoms with Crippen molar-refractivity contribution in [2.24, 2.45) is 23.7 Å². The van der Waals surface area contributed by atoms with Gasteiger partial charge >= 0.3 is 0 Å². The molecule has 286 valence electrons. The SMILES string of the molecule is Cc1ccc(NN2C(=O)C3CC4C(=CCC5C(=O)N(c6ccc(Nc7ccccc7)cc6)C(=O)C54)C(c4c(O)ccc5ccccc45)C3(c3ccccc3)C2=O)cc1. The highest BCUT2D eigenvalue weighted by molar-refractivity contribution is 6.22. The maximum atomic E-state index is 15.6. The number of rotatable bonds is 7. The molecule has 0 spiro atoms. The molecule has 3 N–H and O–H groups in total. The summed E-state index contributed by atoms with van der Waals surface area (Å²) in [6.07, 6.45) is 2.46. The number of benzene rings is 6. The highest BCUT2D eigenvalue weighted by Crippen LogP contribution is 2.65. The maximum absolute atomic E-state index is 15.6. The van der Waals surface area contributed by atoms with E-state index in [1.54, 1.807) is 18.2 Å². The first-order valence-electron chi connectivity index (χ1n) is 19.7. The Balaban J connectivity index is 1.12. The summed E-state index contributed by atoms with van der Waals surface area (Å²) in [5.41, 5.74) is 7.41. The second kappa shape index (κ2) is 13.6. The molecule has 3 fully saturated rings. The summed E-state index contributed by atoms with van der Waals surface area (Å²) in [5, 5.41) is 18.1. The molecule has 4 amide bonds. The van der Waals surface area contributed by atoms with E-state index in [0.29, 0.717) is 22.5 Å². The molecule has 2 aliphatic carbocycles. The first kappa shape index (κ1) is 35.4. The molecule has 6 aromatic carbocycles. The predicted octanol–water partition coefficient (Wildman–Crippen LogP) is 8.79. The molecule has 2 aliphatic heterocycles. The van der Waals surface area contributed by atoms with Gasteiger partial charge in [0.05, 0.1) is 34.5 Å². The van der Waals surface area contributed by atoms with Crippen molar-refractivity contribution in [3.05, 3.63) is 174 Å². The summed E-state index contributed by atoms with van der Waals surface area (Å²) >= 11 is 0. The quantitative estimate of drug-likeness (QED) is 0.110. The van der Waals surface area contributed by atoms with Crippen molar-refractivity contribution in [1.82, 2.24) is 5.01 Å². The van der Waals surface area contributed by atoms with Crippen LogP contribution < -0.4 is 15.6 Å². The van der Waals surface area contributed by atoms with Crippen LogP contribution in [0.4, 0.5) is 22.7 Å². The summed E-state index contributed by atoms with van der Waals surface area (Å²) in [4.78, 5) is 61.2. The van der Waals surface area contributed by atoms with Gasteiger partial charge < -0.3 is 10.4 Å². The van der Waals surface area contributed by atoms with Crippen molar-refractivity contribution in [2.75, 3.05) is 15.6 Å². The lowest BCUT2D eigenvalue weighted by molar-refractivity contribution is -0.138. The molecule has 10 rings (SSSR count). The first-order chi connectivity index (χ1) is 28.3. The third-order valence-corrected chi connectivity index (χ3v) is 12.8. The van der Waals surface area contributed by atoms with Crippen LogP contribution >= 0.6 is 0 Å². The highest BCUT2D eigenvalue weighted by atomic mass is 16.3. The number of aryl methyl sites for hydroxylation is 1. The van der Waals surface area contributed by atoms with Gasteiger partial charge in [0.15, 0.2) is 0 Å². The molecule has 0 aromatic heterocycles. The number of carbonyl (C=O) groups excluding carboxylic acids is 4. The van der Waals surface area contributed by atoms with Gasteiger partial charge in [-0.3, -0.25) is 29.5 Å². The Labute approximate surface area is 335 Å².